The third-order valence-corrected chi connectivity index (χ3v) is 3.31. The Bertz CT molecular complexity index is 833. The summed E-state index contributed by atoms with van der Waals surface area (Å²) in [5.41, 5.74) is 2.90. The zero-order valence-corrected chi connectivity index (χ0v) is 12.2. The number of hydrogen-bond acceptors (Lipinski definition) is 4. The van der Waals surface area contributed by atoms with Crippen LogP contribution in [0, 0.1) is 11.7 Å². The molecule has 2 aromatic heterocycles. The molecule has 0 amide bonds. The number of aromatic nitrogens is 4. The lowest BCUT2D eigenvalue weighted by atomic mass is 10.1. The molecule has 0 atom stereocenters. The Morgan fingerprint density at radius 3 is 2.76 bits per heavy atom. The quantitative estimate of drug-likeness (QED) is 0.596. The van der Waals surface area contributed by atoms with Crippen molar-refractivity contribution in [2.75, 3.05) is 0 Å². The number of rotatable bonds is 3. The zero-order chi connectivity index (χ0) is 14.7. The van der Waals surface area contributed by atoms with Gasteiger partial charge in [0.05, 0.1) is 6.21 Å². The van der Waals surface area contributed by atoms with E-state index in [2.05, 4.69) is 20.3 Å². The van der Waals surface area contributed by atoms with E-state index in [9.17, 15) is 0 Å². The maximum atomic E-state index is 5.22. The Labute approximate surface area is 127 Å². The third kappa shape index (κ3) is 2.80. The highest BCUT2D eigenvalue weighted by atomic mass is 32.1. The molecule has 3 rings (SSSR count). The van der Waals surface area contributed by atoms with Crippen LogP contribution in [0.4, 0.5) is 0 Å². The fraction of sp³-hybridized carbons (Fsp3) is 0.0667. The van der Waals surface area contributed by atoms with E-state index in [0.29, 0.717) is 16.3 Å². The van der Waals surface area contributed by atoms with Crippen LogP contribution in [0.3, 0.4) is 0 Å². The van der Waals surface area contributed by atoms with Gasteiger partial charge in [0.1, 0.15) is 5.69 Å². The Morgan fingerprint density at radius 2 is 2.00 bits per heavy atom. The molecule has 1 aromatic carbocycles. The van der Waals surface area contributed by atoms with E-state index in [1.807, 2.05) is 49.4 Å². The summed E-state index contributed by atoms with van der Waals surface area (Å²) in [7, 11) is 0. The second kappa shape index (κ2) is 5.80. The van der Waals surface area contributed by atoms with Crippen molar-refractivity contribution in [3.8, 4) is 11.5 Å². The fourth-order valence-electron chi connectivity index (χ4n) is 1.91. The van der Waals surface area contributed by atoms with Gasteiger partial charge in [0.25, 0.3) is 0 Å². The van der Waals surface area contributed by atoms with Gasteiger partial charge in [0.2, 0.25) is 10.6 Å². The van der Waals surface area contributed by atoms with Gasteiger partial charge >= 0.3 is 0 Å². The van der Waals surface area contributed by atoms with Crippen molar-refractivity contribution in [2.45, 2.75) is 6.92 Å². The van der Waals surface area contributed by atoms with Crippen molar-refractivity contribution in [2.24, 2.45) is 5.10 Å². The molecule has 3 aromatic rings. The molecule has 0 spiro atoms. The Balaban J connectivity index is 2.02. The van der Waals surface area contributed by atoms with Crippen LogP contribution < -0.4 is 0 Å². The van der Waals surface area contributed by atoms with E-state index in [1.54, 1.807) is 17.1 Å². The second-order valence-electron chi connectivity index (χ2n) is 4.48. The summed E-state index contributed by atoms with van der Waals surface area (Å²) < 4.78 is 2.00. The van der Waals surface area contributed by atoms with E-state index >= 15 is 0 Å². The van der Waals surface area contributed by atoms with E-state index in [0.717, 1.165) is 11.1 Å². The summed E-state index contributed by atoms with van der Waals surface area (Å²) in [5.74, 6) is 0.588. The highest BCUT2D eigenvalue weighted by Crippen LogP contribution is 2.13. The van der Waals surface area contributed by atoms with Crippen LogP contribution >= 0.6 is 12.2 Å². The highest BCUT2D eigenvalue weighted by molar-refractivity contribution is 7.71. The van der Waals surface area contributed by atoms with Crippen LogP contribution in [0.25, 0.3) is 11.5 Å². The van der Waals surface area contributed by atoms with Gasteiger partial charge in [-0.2, -0.15) is 14.9 Å². The molecule has 21 heavy (non-hydrogen) atoms. The lowest BCUT2D eigenvalue weighted by Gasteiger charge is -2.01. The predicted molar refractivity (Wildman–Crippen MR) is 84.8 cm³/mol. The smallest absolute Gasteiger partial charge is 0.216 e. The second-order valence-corrected chi connectivity index (χ2v) is 4.87. The Morgan fingerprint density at radius 1 is 1.19 bits per heavy atom. The van der Waals surface area contributed by atoms with Gasteiger partial charge < -0.3 is 0 Å². The summed E-state index contributed by atoms with van der Waals surface area (Å²) in [5, 5.41) is 11.4. The van der Waals surface area contributed by atoms with Crippen LogP contribution in [0.1, 0.15) is 11.1 Å². The molecule has 0 bridgehead atoms. The lowest BCUT2D eigenvalue weighted by Crippen LogP contribution is -1.97. The minimum Gasteiger partial charge on any atom is -0.253 e. The molecule has 0 saturated heterocycles. The highest BCUT2D eigenvalue weighted by Gasteiger charge is 2.08. The topological polar surface area (TPSA) is 58.9 Å². The van der Waals surface area contributed by atoms with Crippen LogP contribution in [0.2, 0.25) is 0 Å². The van der Waals surface area contributed by atoms with Crippen LogP contribution in [-0.2, 0) is 0 Å². The van der Waals surface area contributed by atoms with Crippen molar-refractivity contribution >= 4 is 18.4 Å². The van der Waals surface area contributed by atoms with Crippen molar-refractivity contribution in [1.29, 1.82) is 0 Å². The van der Waals surface area contributed by atoms with Crippen molar-refractivity contribution in [3.63, 3.8) is 0 Å². The molecule has 2 heterocycles. The molecule has 0 aliphatic rings. The number of benzene rings is 1. The van der Waals surface area contributed by atoms with Crippen molar-refractivity contribution in [3.05, 3.63) is 64.6 Å². The summed E-state index contributed by atoms with van der Waals surface area (Å²) >= 11 is 5.22. The number of aromatic amines is 1. The average Bonchev–Trinajstić information content (AvgIpc) is 2.88. The van der Waals surface area contributed by atoms with Gasteiger partial charge in [-0.3, -0.25) is 4.98 Å². The monoisotopic (exact) mass is 295 g/mol. The summed E-state index contributed by atoms with van der Waals surface area (Å²) in [6, 6.07) is 13.6. The number of nitrogens with zero attached hydrogens (tertiary/aromatic N) is 4. The lowest BCUT2D eigenvalue weighted by molar-refractivity contribution is 0.867. The predicted octanol–water partition coefficient (Wildman–Crippen LogP) is 3.19. The van der Waals surface area contributed by atoms with Gasteiger partial charge in [-0.25, -0.2) is 5.10 Å². The van der Waals surface area contributed by atoms with Crippen LogP contribution in [-0.4, -0.2) is 26.1 Å². The average molecular weight is 295 g/mol. The maximum Gasteiger partial charge on any atom is 0.216 e. The van der Waals surface area contributed by atoms with Gasteiger partial charge in [-0.05, 0) is 42.4 Å². The van der Waals surface area contributed by atoms with Gasteiger partial charge in [-0.1, -0.05) is 30.3 Å². The SMILES string of the molecule is Cc1ccccc1/C=N\n1c(-c2ccccn2)n[nH]c1=S. The first kappa shape index (κ1) is 13.4. The van der Waals surface area contributed by atoms with E-state index in [-0.39, 0.29) is 0 Å². The standard InChI is InChI=1S/C15H13N5S/c1-11-6-2-3-7-12(11)10-17-20-14(18-19-15(20)21)13-8-4-5-9-16-13/h2-10H,1H3,(H,19,21)/b17-10-. The van der Waals surface area contributed by atoms with Gasteiger partial charge in [0, 0.05) is 6.20 Å². The molecule has 0 saturated carbocycles. The number of H-pyrrole nitrogens is 1. The third-order valence-electron chi connectivity index (χ3n) is 3.05. The summed E-state index contributed by atoms with van der Waals surface area (Å²) in [4.78, 5) is 4.27. The normalized spacial score (nSPS) is 11.1. The van der Waals surface area contributed by atoms with Crippen molar-refractivity contribution in [1.82, 2.24) is 19.9 Å². The fourth-order valence-corrected chi connectivity index (χ4v) is 2.09. The molecule has 6 heteroatoms. The molecule has 0 fully saturated rings. The Hall–Kier alpha value is -2.60. The molecular weight excluding hydrogens is 282 g/mol. The van der Waals surface area contributed by atoms with E-state index in [1.165, 1.54) is 0 Å². The number of hydrogen-bond donors (Lipinski definition) is 1. The zero-order valence-electron chi connectivity index (χ0n) is 11.4. The summed E-state index contributed by atoms with van der Waals surface area (Å²) in [6.45, 7) is 2.04. The molecule has 0 aliphatic heterocycles. The van der Waals surface area contributed by atoms with E-state index in [4.69, 9.17) is 12.2 Å². The van der Waals surface area contributed by atoms with Crippen molar-refractivity contribution < 1.29 is 0 Å². The Kier molecular flexibility index (Phi) is 3.70. The van der Waals surface area contributed by atoms with Crippen LogP contribution in [0.5, 0.6) is 0 Å². The van der Waals surface area contributed by atoms with Gasteiger partial charge in [-0.15, -0.1) is 0 Å². The largest absolute Gasteiger partial charge is 0.253 e. The summed E-state index contributed by atoms with van der Waals surface area (Å²) in [6.07, 6.45) is 3.48. The molecule has 0 unspecified atom stereocenters. The number of nitrogens with one attached hydrogen (secondary N) is 1. The molecule has 0 radical (unpaired) electrons. The molecule has 1 N–H and O–H groups in total. The first-order valence-corrected chi connectivity index (χ1v) is 6.85. The first-order valence-electron chi connectivity index (χ1n) is 6.44. The number of aryl methyl sites for hydroxylation is 1. The molecule has 5 nitrogen and oxygen atoms in total. The number of pyridine rings is 1. The molecule has 104 valence electrons. The molecule has 0 aliphatic carbocycles. The minimum absolute atomic E-state index is 0.431. The first-order chi connectivity index (χ1) is 10.3. The van der Waals surface area contributed by atoms with Gasteiger partial charge in [0.15, 0.2) is 0 Å². The van der Waals surface area contributed by atoms with Crippen LogP contribution in [0.15, 0.2) is 53.8 Å². The van der Waals surface area contributed by atoms with E-state index < -0.39 is 0 Å². The maximum absolute atomic E-state index is 5.22. The molecular formula is C15H13N5S. The minimum atomic E-state index is 0.431.